The molecule has 148 valence electrons. The lowest BCUT2D eigenvalue weighted by Crippen LogP contribution is -2.66. The minimum absolute atomic E-state index is 0.0329. The molecule has 29 heavy (non-hydrogen) atoms. The molecule has 1 aromatic heterocycles. The van der Waals surface area contributed by atoms with Crippen molar-refractivity contribution >= 4 is 34.3 Å². The van der Waals surface area contributed by atoms with Crippen molar-refractivity contribution in [1.29, 1.82) is 0 Å². The smallest absolute Gasteiger partial charge is 0.255 e. The summed E-state index contributed by atoms with van der Waals surface area (Å²) in [6.45, 7) is 2.55. The molecule has 5 rings (SSSR count). The molecule has 0 radical (unpaired) electrons. The highest BCUT2D eigenvalue weighted by Crippen LogP contribution is 2.42. The molecule has 1 saturated heterocycles. The van der Waals surface area contributed by atoms with Gasteiger partial charge in [0.2, 0.25) is 5.91 Å². The zero-order valence-corrected chi connectivity index (χ0v) is 16.6. The molecular formula is C22H19ClFN3O2. The van der Waals surface area contributed by atoms with Crippen LogP contribution in [-0.2, 0) is 28.1 Å². The molecule has 0 saturated carbocycles. The van der Waals surface area contributed by atoms with E-state index in [-0.39, 0.29) is 24.2 Å². The number of carbonyl (C=O) groups is 2. The second-order valence-corrected chi connectivity index (χ2v) is 8.26. The molecule has 2 amide bonds. The number of aromatic nitrogens is 1. The third-order valence-corrected chi connectivity index (χ3v) is 6.31. The summed E-state index contributed by atoms with van der Waals surface area (Å²) in [6.07, 6.45) is 0.585. The highest BCUT2D eigenvalue weighted by Gasteiger charge is 2.54. The summed E-state index contributed by atoms with van der Waals surface area (Å²) >= 11 is 6.08. The van der Waals surface area contributed by atoms with E-state index in [0.29, 0.717) is 30.2 Å². The Kier molecular flexibility index (Phi) is 3.96. The Morgan fingerprint density at radius 1 is 1.21 bits per heavy atom. The van der Waals surface area contributed by atoms with Gasteiger partial charge in [0.05, 0.1) is 5.69 Å². The Balaban J connectivity index is 1.60. The van der Waals surface area contributed by atoms with Crippen LogP contribution < -0.4 is 0 Å². The molecular weight excluding hydrogens is 393 g/mol. The van der Waals surface area contributed by atoms with Gasteiger partial charge in [0, 0.05) is 29.0 Å². The van der Waals surface area contributed by atoms with Crippen LogP contribution in [0, 0.1) is 5.82 Å². The molecule has 1 fully saturated rings. The molecule has 5 nitrogen and oxygen atoms in total. The van der Waals surface area contributed by atoms with Crippen LogP contribution in [0.15, 0.2) is 42.5 Å². The Labute approximate surface area is 172 Å². The van der Waals surface area contributed by atoms with E-state index in [1.165, 1.54) is 12.1 Å². The summed E-state index contributed by atoms with van der Waals surface area (Å²) < 4.78 is 13.8. The lowest BCUT2D eigenvalue weighted by molar-refractivity contribution is -0.166. The SMILES string of the molecule is CC12C(=O)N(Cc3cccc(Cl)c3)CC(=O)N1CCc1c2[nH]c2ccc(F)cc12. The number of fused-ring (bicyclic) bond motifs is 5. The van der Waals surface area contributed by atoms with Crippen LogP contribution in [0.4, 0.5) is 4.39 Å². The molecule has 1 unspecified atom stereocenters. The molecule has 2 aliphatic rings. The first kappa shape index (κ1) is 18.2. The molecule has 1 atom stereocenters. The van der Waals surface area contributed by atoms with E-state index in [2.05, 4.69) is 4.98 Å². The summed E-state index contributed by atoms with van der Waals surface area (Å²) in [5.74, 6) is -0.560. The van der Waals surface area contributed by atoms with E-state index in [1.807, 2.05) is 12.1 Å². The number of H-pyrrole nitrogens is 1. The molecule has 3 heterocycles. The quantitative estimate of drug-likeness (QED) is 0.700. The number of carbonyl (C=O) groups excluding carboxylic acids is 2. The van der Waals surface area contributed by atoms with Crippen molar-refractivity contribution in [3.8, 4) is 0 Å². The van der Waals surface area contributed by atoms with Crippen molar-refractivity contribution in [2.24, 2.45) is 0 Å². The lowest BCUT2D eigenvalue weighted by Gasteiger charge is -2.49. The van der Waals surface area contributed by atoms with E-state index in [9.17, 15) is 14.0 Å². The number of rotatable bonds is 2. The van der Waals surface area contributed by atoms with Gasteiger partial charge in [-0.25, -0.2) is 4.39 Å². The lowest BCUT2D eigenvalue weighted by atomic mass is 9.83. The number of aromatic amines is 1. The Bertz CT molecular complexity index is 1170. The average molecular weight is 412 g/mol. The van der Waals surface area contributed by atoms with Gasteiger partial charge in [-0.3, -0.25) is 9.59 Å². The normalized spacial score (nSPS) is 21.5. The van der Waals surface area contributed by atoms with Gasteiger partial charge in [-0.1, -0.05) is 23.7 Å². The van der Waals surface area contributed by atoms with Gasteiger partial charge in [-0.2, -0.15) is 0 Å². The van der Waals surface area contributed by atoms with Crippen LogP contribution in [0.5, 0.6) is 0 Å². The average Bonchev–Trinajstić information content (AvgIpc) is 3.05. The molecule has 0 aliphatic carbocycles. The number of piperazine rings is 1. The van der Waals surface area contributed by atoms with Gasteiger partial charge in [0.15, 0.2) is 5.54 Å². The third-order valence-electron chi connectivity index (χ3n) is 6.07. The number of hydrogen-bond acceptors (Lipinski definition) is 2. The van der Waals surface area contributed by atoms with Gasteiger partial charge >= 0.3 is 0 Å². The number of benzene rings is 2. The molecule has 0 bridgehead atoms. The Morgan fingerprint density at radius 2 is 2.03 bits per heavy atom. The van der Waals surface area contributed by atoms with E-state index < -0.39 is 5.54 Å². The first-order chi connectivity index (χ1) is 13.9. The summed E-state index contributed by atoms with van der Waals surface area (Å²) in [5, 5.41) is 1.36. The van der Waals surface area contributed by atoms with Crippen molar-refractivity contribution in [2.45, 2.75) is 25.4 Å². The van der Waals surface area contributed by atoms with Crippen LogP contribution in [0.2, 0.25) is 5.02 Å². The zero-order valence-electron chi connectivity index (χ0n) is 15.8. The number of hydrogen-bond donors (Lipinski definition) is 1. The largest absolute Gasteiger partial charge is 0.356 e. The Morgan fingerprint density at radius 3 is 2.83 bits per heavy atom. The maximum absolute atomic E-state index is 13.8. The van der Waals surface area contributed by atoms with Crippen molar-refractivity contribution in [2.75, 3.05) is 13.1 Å². The fourth-order valence-corrected chi connectivity index (χ4v) is 4.90. The van der Waals surface area contributed by atoms with Gasteiger partial charge in [0.25, 0.3) is 5.91 Å². The van der Waals surface area contributed by atoms with Crippen LogP contribution in [-0.4, -0.2) is 39.7 Å². The fraction of sp³-hybridized carbons (Fsp3) is 0.273. The fourth-order valence-electron chi connectivity index (χ4n) is 4.69. The topological polar surface area (TPSA) is 56.4 Å². The van der Waals surface area contributed by atoms with Crippen molar-refractivity contribution in [3.05, 3.63) is 70.1 Å². The van der Waals surface area contributed by atoms with Gasteiger partial charge in [0.1, 0.15) is 12.4 Å². The van der Waals surface area contributed by atoms with E-state index >= 15 is 0 Å². The molecule has 0 spiro atoms. The molecule has 1 N–H and O–H groups in total. The predicted molar refractivity (Wildman–Crippen MR) is 108 cm³/mol. The monoisotopic (exact) mass is 411 g/mol. The zero-order chi connectivity index (χ0) is 20.3. The first-order valence-electron chi connectivity index (χ1n) is 9.53. The predicted octanol–water partition coefficient (Wildman–Crippen LogP) is 3.60. The van der Waals surface area contributed by atoms with Gasteiger partial charge < -0.3 is 14.8 Å². The minimum atomic E-state index is -1.14. The second-order valence-electron chi connectivity index (χ2n) is 7.83. The van der Waals surface area contributed by atoms with Crippen molar-refractivity contribution < 1.29 is 14.0 Å². The third kappa shape index (κ3) is 2.66. The highest BCUT2D eigenvalue weighted by atomic mass is 35.5. The van der Waals surface area contributed by atoms with Crippen molar-refractivity contribution in [1.82, 2.24) is 14.8 Å². The first-order valence-corrected chi connectivity index (χ1v) is 9.90. The molecule has 3 aromatic rings. The molecule has 2 aliphatic heterocycles. The number of halogens is 2. The maximum atomic E-state index is 13.8. The standard InChI is InChI=1S/C22H19ClFN3O2/c1-22-20-16(17-10-15(24)5-6-18(17)25-20)7-8-27(22)19(28)12-26(21(22)29)11-13-3-2-4-14(23)9-13/h2-6,9-10,25H,7-8,11-12H2,1H3. The number of nitrogens with one attached hydrogen (secondary N) is 1. The second kappa shape index (κ2) is 6.32. The van der Waals surface area contributed by atoms with E-state index in [1.54, 1.807) is 34.9 Å². The van der Waals surface area contributed by atoms with Crippen LogP contribution in [0.1, 0.15) is 23.7 Å². The summed E-state index contributed by atoms with van der Waals surface area (Å²) in [6, 6.07) is 11.8. The maximum Gasteiger partial charge on any atom is 0.255 e. The highest BCUT2D eigenvalue weighted by molar-refractivity contribution is 6.30. The van der Waals surface area contributed by atoms with Gasteiger partial charge in [-0.15, -0.1) is 0 Å². The van der Waals surface area contributed by atoms with E-state index in [4.69, 9.17) is 11.6 Å². The van der Waals surface area contributed by atoms with E-state index in [0.717, 1.165) is 22.0 Å². The Hall–Kier alpha value is -2.86. The summed E-state index contributed by atoms with van der Waals surface area (Å²) in [4.78, 5) is 33.1. The van der Waals surface area contributed by atoms with Crippen molar-refractivity contribution in [3.63, 3.8) is 0 Å². The van der Waals surface area contributed by atoms with Crippen LogP contribution in [0.25, 0.3) is 10.9 Å². The number of amides is 2. The van der Waals surface area contributed by atoms with Crippen LogP contribution in [0.3, 0.4) is 0 Å². The molecule has 2 aromatic carbocycles. The minimum Gasteiger partial charge on any atom is -0.356 e. The molecule has 7 heteroatoms. The summed E-state index contributed by atoms with van der Waals surface area (Å²) in [7, 11) is 0. The number of nitrogens with zero attached hydrogens (tertiary/aromatic N) is 2. The summed E-state index contributed by atoms with van der Waals surface area (Å²) in [5.41, 5.74) is 2.08. The van der Waals surface area contributed by atoms with Gasteiger partial charge in [-0.05, 0) is 54.8 Å². The van der Waals surface area contributed by atoms with Crippen LogP contribution >= 0.6 is 11.6 Å².